The molecular weight excluding hydrogens is 311 g/mol. The van der Waals surface area contributed by atoms with Crippen LogP contribution in [-0.2, 0) is 14.8 Å². The lowest BCUT2D eigenvalue weighted by atomic mass is 10.3. The molecule has 0 spiro atoms. The fourth-order valence-electron chi connectivity index (χ4n) is 1.20. The molecule has 1 rings (SSSR count). The molecule has 0 saturated heterocycles. The Morgan fingerprint density at radius 1 is 1.26 bits per heavy atom. The number of nitrogens with zero attached hydrogens (tertiary/aromatic N) is 1. The van der Waals surface area contributed by atoms with Crippen molar-refractivity contribution in [3.63, 3.8) is 0 Å². The number of carbonyl (C=O) groups excluding carboxylic acids is 1. The fraction of sp³-hybridized carbons (Fsp3) is 0.364. The van der Waals surface area contributed by atoms with Crippen LogP contribution in [0.5, 0.6) is 0 Å². The zero-order valence-corrected chi connectivity index (χ0v) is 12.8. The summed E-state index contributed by atoms with van der Waals surface area (Å²) < 4.78 is 24.1. The van der Waals surface area contributed by atoms with E-state index >= 15 is 0 Å². The SMILES string of the molecule is CN(C)S(=O)(=O)CCC(=O)Nc1ccc(Cl)c(Cl)c1. The average molecular weight is 325 g/mol. The van der Waals surface area contributed by atoms with Gasteiger partial charge in [0.05, 0.1) is 15.8 Å². The first-order valence-corrected chi connectivity index (χ1v) is 7.74. The maximum absolute atomic E-state index is 11.6. The van der Waals surface area contributed by atoms with Crippen LogP contribution in [0.4, 0.5) is 5.69 Å². The Balaban J connectivity index is 2.59. The van der Waals surface area contributed by atoms with E-state index < -0.39 is 15.9 Å². The highest BCUT2D eigenvalue weighted by molar-refractivity contribution is 7.89. The van der Waals surface area contributed by atoms with Gasteiger partial charge in [0.15, 0.2) is 0 Å². The zero-order valence-electron chi connectivity index (χ0n) is 10.5. The van der Waals surface area contributed by atoms with E-state index in [0.717, 1.165) is 4.31 Å². The number of rotatable bonds is 5. The molecule has 0 aliphatic carbocycles. The highest BCUT2D eigenvalue weighted by Gasteiger charge is 2.15. The van der Waals surface area contributed by atoms with Crippen molar-refractivity contribution >= 4 is 44.8 Å². The number of benzene rings is 1. The van der Waals surface area contributed by atoms with Gasteiger partial charge >= 0.3 is 0 Å². The standard InChI is InChI=1S/C11H14Cl2N2O3S/c1-15(2)19(17,18)6-5-11(16)14-8-3-4-9(12)10(13)7-8/h3-4,7H,5-6H2,1-2H3,(H,14,16). The molecule has 1 aromatic carbocycles. The Morgan fingerprint density at radius 3 is 2.42 bits per heavy atom. The molecule has 0 unspecified atom stereocenters. The fourth-order valence-corrected chi connectivity index (χ4v) is 2.31. The van der Waals surface area contributed by atoms with Crippen LogP contribution in [0, 0.1) is 0 Å². The molecule has 0 saturated carbocycles. The summed E-state index contributed by atoms with van der Waals surface area (Å²) in [6.07, 6.45) is -0.124. The third kappa shape index (κ3) is 4.99. The summed E-state index contributed by atoms with van der Waals surface area (Å²) >= 11 is 11.5. The number of anilines is 1. The molecule has 0 bridgehead atoms. The van der Waals surface area contributed by atoms with Gasteiger partial charge in [-0.2, -0.15) is 0 Å². The van der Waals surface area contributed by atoms with Crippen LogP contribution in [0.15, 0.2) is 18.2 Å². The van der Waals surface area contributed by atoms with Crippen LogP contribution >= 0.6 is 23.2 Å². The van der Waals surface area contributed by atoms with E-state index in [9.17, 15) is 13.2 Å². The van der Waals surface area contributed by atoms with E-state index in [-0.39, 0.29) is 12.2 Å². The minimum absolute atomic E-state index is 0.124. The second kappa shape index (κ2) is 6.56. The molecule has 0 aliphatic heterocycles. The van der Waals surface area contributed by atoms with E-state index in [1.807, 2.05) is 0 Å². The Kier molecular flexibility index (Phi) is 5.61. The van der Waals surface area contributed by atoms with Gasteiger partial charge in [-0.25, -0.2) is 12.7 Å². The molecule has 8 heteroatoms. The van der Waals surface area contributed by atoms with Crippen molar-refractivity contribution in [2.45, 2.75) is 6.42 Å². The van der Waals surface area contributed by atoms with E-state index in [1.54, 1.807) is 12.1 Å². The van der Waals surface area contributed by atoms with E-state index in [1.165, 1.54) is 20.2 Å². The van der Waals surface area contributed by atoms with Gasteiger partial charge in [-0.15, -0.1) is 0 Å². The number of hydrogen-bond donors (Lipinski definition) is 1. The van der Waals surface area contributed by atoms with Gasteiger partial charge in [-0.05, 0) is 18.2 Å². The van der Waals surface area contributed by atoms with E-state index in [4.69, 9.17) is 23.2 Å². The molecule has 0 aliphatic rings. The van der Waals surface area contributed by atoms with Crippen LogP contribution in [0.3, 0.4) is 0 Å². The molecule has 5 nitrogen and oxygen atoms in total. The highest BCUT2D eigenvalue weighted by Crippen LogP contribution is 2.25. The quantitative estimate of drug-likeness (QED) is 0.903. The number of amides is 1. The number of halogens is 2. The molecule has 0 fully saturated rings. The van der Waals surface area contributed by atoms with Gasteiger partial charge in [0.1, 0.15) is 0 Å². The first-order chi connectivity index (χ1) is 8.72. The average Bonchev–Trinajstić information content (AvgIpc) is 2.31. The number of nitrogens with one attached hydrogen (secondary N) is 1. The molecule has 1 amide bonds. The van der Waals surface area contributed by atoms with Crippen molar-refractivity contribution < 1.29 is 13.2 Å². The second-order valence-corrected chi connectivity index (χ2v) is 7.14. The van der Waals surface area contributed by atoms with Crippen LogP contribution in [0.25, 0.3) is 0 Å². The minimum Gasteiger partial charge on any atom is -0.326 e. The second-order valence-electron chi connectivity index (χ2n) is 4.03. The summed E-state index contributed by atoms with van der Waals surface area (Å²) in [5.74, 6) is -0.642. The summed E-state index contributed by atoms with van der Waals surface area (Å²) in [6, 6.07) is 4.64. The van der Waals surface area contributed by atoms with Crippen LogP contribution < -0.4 is 5.32 Å². The molecule has 0 radical (unpaired) electrons. The smallest absolute Gasteiger partial charge is 0.225 e. The predicted octanol–water partition coefficient (Wildman–Crippen LogP) is 2.21. The van der Waals surface area contributed by atoms with Gasteiger partial charge in [0, 0.05) is 26.2 Å². The Hall–Kier alpha value is -0.820. The lowest BCUT2D eigenvalue weighted by Gasteiger charge is -2.11. The Bertz CT molecular complexity index is 573. The number of hydrogen-bond acceptors (Lipinski definition) is 3. The summed E-state index contributed by atoms with van der Waals surface area (Å²) in [4.78, 5) is 11.6. The summed E-state index contributed by atoms with van der Waals surface area (Å²) in [5.41, 5.74) is 0.474. The van der Waals surface area contributed by atoms with E-state index in [2.05, 4.69) is 5.32 Å². The molecule has 19 heavy (non-hydrogen) atoms. The van der Waals surface area contributed by atoms with Crippen LogP contribution in [0.2, 0.25) is 10.0 Å². The van der Waals surface area contributed by atoms with Crippen molar-refractivity contribution in [3.05, 3.63) is 28.2 Å². The first kappa shape index (κ1) is 16.2. The third-order valence-corrected chi connectivity index (χ3v) is 4.92. The zero-order chi connectivity index (χ0) is 14.6. The van der Waals surface area contributed by atoms with Crippen molar-refractivity contribution in [1.29, 1.82) is 0 Å². The normalized spacial score (nSPS) is 11.6. The van der Waals surface area contributed by atoms with Gasteiger partial charge in [-0.3, -0.25) is 4.79 Å². The topological polar surface area (TPSA) is 66.5 Å². The van der Waals surface area contributed by atoms with Crippen molar-refractivity contribution in [1.82, 2.24) is 4.31 Å². The number of sulfonamides is 1. The molecule has 0 aromatic heterocycles. The van der Waals surface area contributed by atoms with Gasteiger partial charge in [0.25, 0.3) is 0 Å². The minimum atomic E-state index is -3.38. The lowest BCUT2D eigenvalue weighted by Crippen LogP contribution is -2.27. The maximum Gasteiger partial charge on any atom is 0.225 e. The maximum atomic E-state index is 11.6. The monoisotopic (exact) mass is 324 g/mol. The molecule has 0 heterocycles. The van der Waals surface area contributed by atoms with Crippen molar-refractivity contribution in [3.8, 4) is 0 Å². The van der Waals surface area contributed by atoms with Crippen molar-refractivity contribution in [2.24, 2.45) is 0 Å². The van der Waals surface area contributed by atoms with Crippen LogP contribution in [0.1, 0.15) is 6.42 Å². The van der Waals surface area contributed by atoms with Crippen molar-refractivity contribution in [2.75, 3.05) is 25.2 Å². The molecule has 1 aromatic rings. The highest BCUT2D eigenvalue weighted by atomic mass is 35.5. The summed E-state index contributed by atoms with van der Waals surface area (Å²) in [7, 11) is -0.529. The summed E-state index contributed by atoms with van der Waals surface area (Å²) in [6.45, 7) is 0. The molecule has 1 N–H and O–H groups in total. The van der Waals surface area contributed by atoms with Gasteiger partial charge in [0.2, 0.25) is 15.9 Å². The molecule has 0 atom stereocenters. The van der Waals surface area contributed by atoms with Crippen LogP contribution in [-0.4, -0.2) is 38.5 Å². The Morgan fingerprint density at radius 2 is 1.89 bits per heavy atom. The van der Waals surface area contributed by atoms with Gasteiger partial charge in [-0.1, -0.05) is 23.2 Å². The third-order valence-electron chi connectivity index (χ3n) is 2.35. The predicted molar refractivity (Wildman–Crippen MR) is 77.2 cm³/mol. The lowest BCUT2D eigenvalue weighted by molar-refractivity contribution is -0.115. The number of carbonyl (C=O) groups is 1. The summed E-state index contributed by atoms with van der Waals surface area (Å²) in [5, 5.41) is 3.26. The first-order valence-electron chi connectivity index (χ1n) is 5.37. The van der Waals surface area contributed by atoms with Gasteiger partial charge < -0.3 is 5.32 Å². The molecule has 106 valence electrons. The van der Waals surface area contributed by atoms with E-state index in [0.29, 0.717) is 15.7 Å². The Labute approximate surface area is 122 Å². The molecular formula is C11H14Cl2N2O3S. The largest absolute Gasteiger partial charge is 0.326 e.